The van der Waals surface area contributed by atoms with Crippen LogP contribution in [0.5, 0.6) is 5.75 Å². The van der Waals surface area contributed by atoms with Gasteiger partial charge < -0.3 is 9.84 Å². The lowest BCUT2D eigenvalue weighted by Gasteiger charge is -2.10. The summed E-state index contributed by atoms with van der Waals surface area (Å²) in [6.07, 6.45) is 1.69. The van der Waals surface area contributed by atoms with Crippen molar-refractivity contribution in [3.05, 3.63) is 29.8 Å². The summed E-state index contributed by atoms with van der Waals surface area (Å²) in [5, 5.41) is 9.91. The third-order valence-electron chi connectivity index (χ3n) is 2.73. The number of hydrogen-bond acceptors (Lipinski definition) is 4. The molecule has 1 aromatic carbocycles. The molecule has 0 aliphatic heterocycles. The van der Waals surface area contributed by atoms with E-state index in [0.717, 1.165) is 11.3 Å². The number of benzene rings is 1. The zero-order valence-electron chi connectivity index (χ0n) is 12.4. The average molecular weight is 277 g/mol. The summed E-state index contributed by atoms with van der Waals surface area (Å²) in [7, 11) is 0. The van der Waals surface area contributed by atoms with Gasteiger partial charge >= 0.3 is 5.97 Å². The van der Waals surface area contributed by atoms with Crippen molar-refractivity contribution < 1.29 is 14.6 Å². The molecule has 4 heteroatoms. The van der Waals surface area contributed by atoms with Crippen molar-refractivity contribution in [1.29, 1.82) is 0 Å². The Balaban J connectivity index is 2.72. The summed E-state index contributed by atoms with van der Waals surface area (Å²) in [4.78, 5) is 15.9. The molecule has 0 unspecified atom stereocenters. The van der Waals surface area contributed by atoms with Gasteiger partial charge in [-0.2, -0.15) is 0 Å². The van der Waals surface area contributed by atoms with Gasteiger partial charge in [0.25, 0.3) is 0 Å². The minimum atomic E-state index is -0.186. The van der Waals surface area contributed by atoms with Crippen LogP contribution in [0.2, 0.25) is 0 Å². The maximum absolute atomic E-state index is 11.3. The third-order valence-corrected chi connectivity index (χ3v) is 2.73. The second-order valence-electron chi connectivity index (χ2n) is 4.85. The molecule has 0 aromatic heterocycles. The second kappa shape index (κ2) is 8.35. The lowest BCUT2D eigenvalue weighted by atomic mass is 10.0. The minimum absolute atomic E-state index is 0.146. The van der Waals surface area contributed by atoms with Crippen LogP contribution in [-0.2, 0) is 9.53 Å². The summed E-state index contributed by atoms with van der Waals surface area (Å²) in [6.45, 7) is 6.19. The van der Waals surface area contributed by atoms with E-state index in [1.807, 2.05) is 26.0 Å². The van der Waals surface area contributed by atoms with Gasteiger partial charge in [0, 0.05) is 23.7 Å². The van der Waals surface area contributed by atoms with Gasteiger partial charge in [0.1, 0.15) is 5.75 Å². The van der Waals surface area contributed by atoms with Crippen LogP contribution in [0, 0.1) is 0 Å². The van der Waals surface area contributed by atoms with Gasteiger partial charge in [0.15, 0.2) is 0 Å². The van der Waals surface area contributed by atoms with E-state index in [2.05, 4.69) is 4.99 Å². The molecule has 20 heavy (non-hydrogen) atoms. The van der Waals surface area contributed by atoms with Crippen LogP contribution >= 0.6 is 0 Å². The van der Waals surface area contributed by atoms with Crippen molar-refractivity contribution in [2.45, 2.75) is 46.1 Å². The van der Waals surface area contributed by atoms with Crippen molar-refractivity contribution in [2.24, 2.45) is 4.99 Å². The number of nitrogens with zero attached hydrogens (tertiary/aromatic N) is 1. The quantitative estimate of drug-likeness (QED) is 0.614. The molecule has 0 aliphatic carbocycles. The van der Waals surface area contributed by atoms with Crippen LogP contribution in [0.25, 0.3) is 0 Å². The van der Waals surface area contributed by atoms with Crippen molar-refractivity contribution >= 4 is 11.7 Å². The van der Waals surface area contributed by atoms with E-state index in [9.17, 15) is 9.90 Å². The third kappa shape index (κ3) is 5.43. The topological polar surface area (TPSA) is 58.9 Å². The fourth-order valence-corrected chi connectivity index (χ4v) is 1.93. The van der Waals surface area contributed by atoms with Gasteiger partial charge in [-0.1, -0.05) is 12.1 Å². The maximum Gasteiger partial charge on any atom is 0.305 e. The van der Waals surface area contributed by atoms with E-state index < -0.39 is 0 Å². The normalized spacial score (nSPS) is 11.7. The minimum Gasteiger partial charge on any atom is -0.507 e. The SMILES string of the molecule is CCOC(=O)CCCC(=NC(C)C)c1ccccc1O. The van der Waals surface area contributed by atoms with Gasteiger partial charge in [0.2, 0.25) is 0 Å². The first-order valence-electron chi connectivity index (χ1n) is 7.05. The Morgan fingerprint density at radius 3 is 2.60 bits per heavy atom. The number of hydrogen-bond donors (Lipinski definition) is 1. The average Bonchev–Trinajstić information content (AvgIpc) is 2.38. The number of phenolic OH excluding ortho intramolecular Hbond substituents is 1. The van der Waals surface area contributed by atoms with E-state index >= 15 is 0 Å². The highest BCUT2D eigenvalue weighted by molar-refractivity contribution is 6.03. The summed E-state index contributed by atoms with van der Waals surface area (Å²) >= 11 is 0. The van der Waals surface area contributed by atoms with Gasteiger partial charge in [-0.15, -0.1) is 0 Å². The fraction of sp³-hybridized carbons (Fsp3) is 0.500. The molecule has 110 valence electrons. The maximum atomic E-state index is 11.3. The van der Waals surface area contributed by atoms with Gasteiger partial charge in [-0.3, -0.25) is 9.79 Å². The summed E-state index contributed by atoms with van der Waals surface area (Å²) in [6, 6.07) is 7.30. The summed E-state index contributed by atoms with van der Waals surface area (Å²) < 4.78 is 4.91. The number of rotatable bonds is 7. The molecule has 4 nitrogen and oxygen atoms in total. The Hall–Kier alpha value is -1.84. The second-order valence-corrected chi connectivity index (χ2v) is 4.85. The molecule has 1 aromatic rings. The predicted octanol–water partition coefficient (Wildman–Crippen LogP) is 3.32. The number of phenols is 1. The van der Waals surface area contributed by atoms with Gasteiger partial charge in [0.05, 0.1) is 6.61 Å². The van der Waals surface area contributed by atoms with E-state index in [4.69, 9.17) is 4.74 Å². The van der Waals surface area contributed by atoms with Crippen LogP contribution < -0.4 is 0 Å². The molecular formula is C16H23NO3. The summed E-state index contributed by atoms with van der Waals surface area (Å²) in [5.74, 6) is 0.0386. The van der Waals surface area contributed by atoms with E-state index in [0.29, 0.717) is 25.9 Å². The highest BCUT2D eigenvalue weighted by Crippen LogP contribution is 2.20. The first-order chi connectivity index (χ1) is 9.54. The molecule has 1 N–H and O–H groups in total. The molecule has 0 aliphatic rings. The van der Waals surface area contributed by atoms with Crippen molar-refractivity contribution in [1.82, 2.24) is 0 Å². The molecule has 0 bridgehead atoms. The predicted molar refractivity (Wildman–Crippen MR) is 80.3 cm³/mol. The number of para-hydroxylation sites is 1. The molecule has 0 fully saturated rings. The largest absolute Gasteiger partial charge is 0.507 e. The lowest BCUT2D eigenvalue weighted by Crippen LogP contribution is -2.08. The van der Waals surface area contributed by atoms with Crippen LogP contribution in [0.3, 0.4) is 0 Å². The van der Waals surface area contributed by atoms with Crippen LogP contribution in [0.1, 0.15) is 45.6 Å². The number of ether oxygens (including phenoxy) is 1. The molecule has 0 heterocycles. The first kappa shape index (κ1) is 16.2. The molecule has 0 saturated heterocycles. The molecule has 0 spiro atoms. The first-order valence-corrected chi connectivity index (χ1v) is 7.05. The van der Waals surface area contributed by atoms with E-state index in [-0.39, 0.29) is 17.8 Å². The standard InChI is InChI=1S/C16H23NO3/c1-4-20-16(19)11-7-9-14(17-12(2)3)13-8-5-6-10-15(13)18/h5-6,8,10,12,18H,4,7,9,11H2,1-3H3. The van der Waals surface area contributed by atoms with Crippen molar-refractivity contribution in [3.8, 4) is 5.75 Å². The van der Waals surface area contributed by atoms with Gasteiger partial charge in [-0.05, 0) is 45.7 Å². The fourth-order valence-electron chi connectivity index (χ4n) is 1.93. The Kier molecular flexibility index (Phi) is 6.77. The molecule has 0 saturated carbocycles. The molecular weight excluding hydrogens is 254 g/mol. The van der Waals surface area contributed by atoms with E-state index in [1.165, 1.54) is 0 Å². The highest BCUT2D eigenvalue weighted by Gasteiger charge is 2.10. The van der Waals surface area contributed by atoms with Crippen molar-refractivity contribution in [3.63, 3.8) is 0 Å². The molecule has 0 radical (unpaired) electrons. The Morgan fingerprint density at radius 1 is 1.30 bits per heavy atom. The number of aliphatic imine (C=N–C) groups is 1. The van der Waals surface area contributed by atoms with Gasteiger partial charge in [-0.25, -0.2) is 0 Å². The van der Waals surface area contributed by atoms with E-state index in [1.54, 1.807) is 19.1 Å². The zero-order chi connectivity index (χ0) is 15.0. The molecule has 0 amide bonds. The molecule has 0 atom stereocenters. The lowest BCUT2D eigenvalue weighted by molar-refractivity contribution is -0.143. The zero-order valence-corrected chi connectivity index (χ0v) is 12.4. The Bertz CT molecular complexity index is 467. The van der Waals surface area contributed by atoms with Crippen LogP contribution in [-0.4, -0.2) is 29.4 Å². The Labute approximate surface area is 120 Å². The molecule has 1 rings (SSSR count). The summed E-state index contributed by atoms with van der Waals surface area (Å²) in [5.41, 5.74) is 1.58. The van der Waals surface area contributed by atoms with Crippen LogP contribution in [0.4, 0.5) is 0 Å². The number of carbonyl (C=O) groups excluding carboxylic acids is 1. The van der Waals surface area contributed by atoms with Crippen molar-refractivity contribution in [2.75, 3.05) is 6.61 Å². The highest BCUT2D eigenvalue weighted by atomic mass is 16.5. The Morgan fingerprint density at radius 2 is 2.00 bits per heavy atom. The smallest absolute Gasteiger partial charge is 0.305 e. The number of carbonyl (C=O) groups is 1. The monoisotopic (exact) mass is 277 g/mol. The number of aromatic hydroxyl groups is 1. The number of esters is 1. The van der Waals surface area contributed by atoms with Crippen LogP contribution in [0.15, 0.2) is 29.3 Å².